The second kappa shape index (κ2) is 8.24. The number of β-lactam (4-membered cyclic amide) rings is 1. The third-order valence-electron chi connectivity index (χ3n) is 5.56. The van der Waals surface area contributed by atoms with Gasteiger partial charge in [-0.25, -0.2) is 8.78 Å². The number of carbonyl (C=O) groups is 1. The van der Waals surface area contributed by atoms with E-state index in [4.69, 9.17) is 0 Å². The molecule has 0 spiro atoms. The van der Waals surface area contributed by atoms with Gasteiger partial charge < -0.3 is 15.1 Å². The summed E-state index contributed by atoms with van der Waals surface area (Å²) in [6.07, 6.45) is -0.0344. The summed E-state index contributed by atoms with van der Waals surface area (Å²) >= 11 is 0. The summed E-state index contributed by atoms with van der Waals surface area (Å²) in [6.45, 7) is 0. The van der Waals surface area contributed by atoms with E-state index in [2.05, 4.69) is 0 Å². The predicted molar refractivity (Wildman–Crippen MR) is 109 cm³/mol. The van der Waals surface area contributed by atoms with Crippen molar-refractivity contribution in [2.24, 2.45) is 5.92 Å². The highest BCUT2D eigenvalue weighted by Crippen LogP contribution is 2.46. The molecule has 1 heterocycles. The van der Waals surface area contributed by atoms with Crippen molar-refractivity contribution in [3.05, 3.63) is 95.6 Å². The molecular formula is C24H21F2NO3. The van der Waals surface area contributed by atoms with Gasteiger partial charge in [0.2, 0.25) is 5.91 Å². The number of hydrogen-bond acceptors (Lipinski definition) is 3. The highest BCUT2D eigenvalue weighted by atomic mass is 19.1. The zero-order valence-corrected chi connectivity index (χ0v) is 16.1. The number of phenols is 1. The molecule has 3 aromatic rings. The Hall–Kier alpha value is -3.25. The van der Waals surface area contributed by atoms with E-state index in [-0.39, 0.29) is 35.3 Å². The van der Waals surface area contributed by atoms with E-state index < -0.39 is 6.10 Å². The van der Waals surface area contributed by atoms with Gasteiger partial charge in [0.05, 0.1) is 18.1 Å². The summed E-state index contributed by atoms with van der Waals surface area (Å²) in [4.78, 5) is 14.6. The van der Waals surface area contributed by atoms with Gasteiger partial charge in [-0.1, -0.05) is 24.3 Å². The van der Waals surface area contributed by atoms with Crippen molar-refractivity contribution in [2.45, 2.75) is 25.0 Å². The minimum atomic E-state index is -0.807. The molecule has 1 amide bonds. The lowest BCUT2D eigenvalue weighted by Crippen LogP contribution is -2.55. The number of nitrogens with zero attached hydrogens (tertiary/aromatic N) is 1. The Morgan fingerprint density at radius 2 is 1.43 bits per heavy atom. The first-order valence-corrected chi connectivity index (χ1v) is 9.75. The lowest BCUT2D eigenvalue weighted by Gasteiger charge is -2.48. The van der Waals surface area contributed by atoms with E-state index in [1.54, 1.807) is 41.3 Å². The molecule has 1 aliphatic heterocycles. The van der Waals surface area contributed by atoms with Crippen molar-refractivity contribution in [2.75, 3.05) is 4.90 Å². The first-order chi connectivity index (χ1) is 14.4. The highest BCUT2D eigenvalue weighted by Gasteiger charge is 2.48. The van der Waals surface area contributed by atoms with Crippen molar-refractivity contribution in [1.29, 1.82) is 0 Å². The Kier molecular flexibility index (Phi) is 5.50. The summed E-state index contributed by atoms with van der Waals surface area (Å²) in [5.74, 6) is -1.10. The first kappa shape index (κ1) is 20.0. The fraction of sp³-hybridized carbons (Fsp3) is 0.208. The van der Waals surface area contributed by atoms with Crippen LogP contribution in [0.5, 0.6) is 5.75 Å². The molecule has 1 aliphatic rings. The number of benzene rings is 3. The number of carbonyl (C=O) groups excluding carboxylic acids is 1. The highest BCUT2D eigenvalue weighted by molar-refractivity contribution is 6.03. The number of halogens is 2. The number of hydrogen-bond donors (Lipinski definition) is 2. The van der Waals surface area contributed by atoms with Gasteiger partial charge in [0.15, 0.2) is 0 Å². The van der Waals surface area contributed by atoms with E-state index in [0.29, 0.717) is 24.1 Å². The smallest absolute Gasteiger partial charge is 0.233 e. The maximum atomic E-state index is 13.3. The van der Waals surface area contributed by atoms with Crippen LogP contribution < -0.4 is 4.90 Å². The van der Waals surface area contributed by atoms with Gasteiger partial charge in [-0.2, -0.15) is 0 Å². The maximum Gasteiger partial charge on any atom is 0.233 e. The van der Waals surface area contributed by atoms with Crippen LogP contribution in [-0.4, -0.2) is 16.1 Å². The number of rotatable bonds is 6. The van der Waals surface area contributed by atoms with Gasteiger partial charge in [-0.15, -0.1) is 0 Å². The number of phenolic OH excluding ortho intramolecular Hbond substituents is 1. The third kappa shape index (κ3) is 3.91. The van der Waals surface area contributed by atoms with Crippen LogP contribution in [0.25, 0.3) is 0 Å². The monoisotopic (exact) mass is 409 g/mol. The van der Waals surface area contributed by atoms with Crippen molar-refractivity contribution in [1.82, 2.24) is 0 Å². The van der Waals surface area contributed by atoms with Crippen molar-refractivity contribution < 1.29 is 23.8 Å². The van der Waals surface area contributed by atoms with Crippen molar-refractivity contribution >= 4 is 11.6 Å². The summed E-state index contributed by atoms with van der Waals surface area (Å²) < 4.78 is 26.4. The van der Waals surface area contributed by atoms with Gasteiger partial charge in [0.25, 0.3) is 0 Å². The SMILES string of the molecule is O=C1[C@@H](CCC(O)c2ccc(F)cc2)[C@H](c2ccc(O)cc2)N1c1ccc(F)cc1. The van der Waals surface area contributed by atoms with E-state index in [0.717, 1.165) is 5.56 Å². The molecule has 0 radical (unpaired) electrons. The molecule has 6 heteroatoms. The minimum Gasteiger partial charge on any atom is -0.508 e. The standard InChI is InChI=1S/C24H21F2NO3/c25-17-5-1-15(2-6-17)22(29)14-13-21-23(16-3-11-20(28)12-4-16)27(24(21)30)19-9-7-18(26)8-10-19/h1-12,21-23,28-29H,13-14H2/t21-,22?,23-/m0/s1. The van der Waals surface area contributed by atoms with Crippen LogP contribution >= 0.6 is 0 Å². The second-order valence-corrected chi connectivity index (χ2v) is 7.47. The molecule has 4 rings (SSSR count). The zero-order chi connectivity index (χ0) is 21.3. The topological polar surface area (TPSA) is 60.8 Å². The molecule has 0 saturated carbocycles. The average Bonchev–Trinajstić information content (AvgIpc) is 2.74. The molecule has 0 aliphatic carbocycles. The first-order valence-electron chi connectivity index (χ1n) is 9.75. The molecule has 1 saturated heterocycles. The van der Waals surface area contributed by atoms with Gasteiger partial charge >= 0.3 is 0 Å². The van der Waals surface area contributed by atoms with Gasteiger partial charge in [0, 0.05) is 5.69 Å². The molecule has 0 aromatic heterocycles. The van der Waals surface area contributed by atoms with Gasteiger partial charge in [-0.3, -0.25) is 4.79 Å². The van der Waals surface area contributed by atoms with Gasteiger partial charge in [-0.05, 0) is 72.5 Å². The number of amides is 1. The fourth-order valence-electron chi connectivity index (χ4n) is 3.96. The molecule has 30 heavy (non-hydrogen) atoms. The summed E-state index contributed by atoms with van der Waals surface area (Å²) in [7, 11) is 0. The number of anilines is 1. The Labute approximate surface area is 173 Å². The van der Waals surface area contributed by atoms with Crippen LogP contribution in [0.2, 0.25) is 0 Å². The van der Waals surface area contributed by atoms with Crippen molar-refractivity contribution in [3.63, 3.8) is 0 Å². The molecule has 2 N–H and O–H groups in total. The Bertz CT molecular complexity index is 1020. The number of aliphatic hydroxyl groups excluding tert-OH is 1. The Balaban J connectivity index is 1.55. The van der Waals surface area contributed by atoms with Gasteiger partial charge in [0.1, 0.15) is 17.4 Å². The zero-order valence-electron chi connectivity index (χ0n) is 16.1. The van der Waals surface area contributed by atoms with Crippen LogP contribution in [0.3, 0.4) is 0 Å². The van der Waals surface area contributed by atoms with E-state index in [9.17, 15) is 23.8 Å². The lowest BCUT2D eigenvalue weighted by molar-refractivity contribution is -0.131. The largest absolute Gasteiger partial charge is 0.508 e. The van der Waals surface area contributed by atoms with E-state index in [1.807, 2.05) is 0 Å². The summed E-state index contributed by atoms with van der Waals surface area (Å²) in [5.41, 5.74) is 2.03. The van der Waals surface area contributed by atoms with Crippen molar-refractivity contribution in [3.8, 4) is 5.75 Å². The van der Waals surface area contributed by atoms with E-state index in [1.165, 1.54) is 36.4 Å². The van der Waals surface area contributed by atoms with Crippen LogP contribution in [0.15, 0.2) is 72.8 Å². The average molecular weight is 409 g/mol. The maximum absolute atomic E-state index is 13.3. The van der Waals surface area contributed by atoms with Crippen LogP contribution in [0.4, 0.5) is 14.5 Å². The summed E-state index contributed by atoms with van der Waals surface area (Å²) in [6, 6.07) is 17.7. The van der Waals surface area contributed by atoms with Crippen LogP contribution in [0.1, 0.15) is 36.1 Å². The van der Waals surface area contributed by atoms with E-state index >= 15 is 0 Å². The predicted octanol–water partition coefficient (Wildman–Crippen LogP) is 4.89. The minimum absolute atomic E-state index is 0.106. The summed E-state index contributed by atoms with van der Waals surface area (Å²) in [5, 5.41) is 20.1. The molecule has 3 aromatic carbocycles. The van der Waals surface area contributed by atoms with Crippen LogP contribution in [-0.2, 0) is 4.79 Å². The Morgan fingerprint density at radius 3 is 2.03 bits per heavy atom. The molecule has 4 nitrogen and oxygen atoms in total. The normalized spacial score (nSPS) is 19.4. The molecule has 1 fully saturated rings. The molecular weight excluding hydrogens is 388 g/mol. The molecule has 0 bridgehead atoms. The quantitative estimate of drug-likeness (QED) is 0.570. The molecule has 1 unspecified atom stereocenters. The number of aliphatic hydroxyl groups is 1. The number of aromatic hydroxyl groups is 1. The second-order valence-electron chi connectivity index (χ2n) is 7.47. The lowest BCUT2D eigenvalue weighted by atomic mass is 9.78. The molecule has 154 valence electrons. The molecule has 3 atom stereocenters. The Morgan fingerprint density at radius 1 is 0.867 bits per heavy atom. The fourth-order valence-corrected chi connectivity index (χ4v) is 3.96. The van der Waals surface area contributed by atoms with Crippen LogP contribution in [0, 0.1) is 17.6 Å². The third-order valence-corrected chi connectivity index (χ3v) is 5.56.